The third-order valence-corrected chi connectivity index (χ3v) is 3.31. The van der Waals surface area contributed by atoms with E-state index in [2.05, 4.69) is 21.9 Å². The number of hydrogen-bond acceptors (Lipinski definition) is 5. The molecule has 7 heteroatoms. The van der Waals surface area contributed by atoms with Crippen LogP contribution < -0.4 is 10.2 Å². The summed E-state index contributed by atoms with van der Waals surface area (Å²) in [6, 6.07) is 0. The van der Waals surface area contributed by atoms with E-state index in [0.29, 0.717) is 22.3 Å². The number of carbonyl (C=O) groups is 1. The fourth-order valence-corrected chi connectivity index (χ4v) is 1.94. The van der Waals surface area contributed by atoms with Crippen molar-refractivity contribution in [2.24, 2.45) is 0 Å². The quantitative estimate of drug-likeness (QED) is 0.629. The number of amides is 1. The van der Waals surface area contributed by atoms with E-state index < -0.39 is 11.6 Å². The summed E-state index contributed by atoms with van der Waals surface area (Å²) in [5.74, 6) is 0.737. The molecular weight excluding hydrogens is 264 g/mol. The summed E-state index contributed by atoms with van der Waals surface area (Å²) < 4.78 is 5.08. The molecule has 0 radical (unpaired) electrons. The van der Waals surface area contributed by atoms with Crippen LogP contribution in [-0.2, 0) is 4.74 Å². The maximum absolute atomic E-state index is 12.2. The number of nitrogens with one attached hydrogen (secondary N) is 1. The molecule has 1 aromatic heterocycles. The molecule has 1 aromatic rings. The molecule has 0 aliphatic carbocycles. The fourth-order valence-electron chi connectivity index (χ4n) is 1.74. The van der Waals surface area contributed by atoms with E-state index >= 15 is 0 Å². The lowest BCUT2D eigenvalue weighted by atomic mass is 10.0. The van der Waals surface area contributed by atoms with E-state index in [1.807, 2.05) is 13.8 Å². The maximum atomic E-state index is 12.2. The molecule has 0 bridgehead atoms. The summed E-state index contributed by atoms with van der Waals surface area (Å²) in [7, 11) is 0. The molecule has 0 spiro atoms. The first-order valence-corrected chi connectivity index (χ1v) is 6.04. The van der Waals surface area contributed by atoms with Gasteiger partial charge in [-0.15, -0.1) is 0 Å². The minimum absolute atomic E-state index is 0.306. The number of fused-ring (bicyclic) bond motifs is 1. The van der Waals surface area contributed by atoms with Gasteiger partial charge in [-0.2, -0.15) is 0 Å². The first-order chi connectivity index (χ1) is 8.84. The van der Waals surface area contributed by atoms with Gasteiger partial charge in [0, 0.05) is 0 Å². The number of anilines is 2. The van der Waals surface area contributed by atoms with Crippen LogP contribution in [0.4, 0.5) is 16.3 Å². The highest BCUT2D eigenvalue weighted by Crippen LogP contribution is 2.35. The Kier molecular flexibility index (Phi) is 3.23. The van der Waals surface area contributed by atoms with Gasteiger partial charge in [-0.3, -0.25) is 0 Å². The summed E-state index contributed by atoms with van der Waals surface area (Å²) >= 11 is 5.29. The molecule has 1 N–H and O–H groups in total. The van der Waals surface area contributed by atoms with E-state index in [4.69, 9.17) is 17.0 Å². The van der Waals surface area contributed by atoms with Gasteiger partial charge >= 0.3 is 6.09 Å². The topological polar surface area (TPSA) is 67.3 Å². The van der Waals surface area contributed by atoms with Crippen molar-refractivity contribution in [3.05, 3.63) is 24.9 Å². The van der Waals surface area contributed by atoms with E-state index in [-0.39, 0.29) is 0 Å². The minimum atomic E-state index is -0.747. The average Bonchev–Trinajstić information content (AvgIpc) is 2.29. The lowest BCUT2D eigenvalue weighted by molar-refractivity contribution is 0.180. The van der Waals surface area contributed by atoms with Crippen LogP contribution in [0.15, 0.2) is 24.9 Å². The summed E-state index contributed by atoms with van der Waals surface area (Å²) in [6.45, 7) is 8.79. The first kappa shape index (κ1) is 13.4. The standard InChI is InChI=1S/C12H14N4O2S/c1-7(2)18-11(17)16-9-8(5-13-6-14-9)15-10(19)12(16,3)4/h5-6H,1H2,2-4H3,(H,15,19). The van der Waals surface area contributed by atoms with Gasteiger partial charge < -0.3 is 10.1 Å². The van der Waals surface area contributed by atoms with Crippen molar-refractivity contribution in [3.8, 4) is 0 Å². The number of aromatic nitrogens is 2. The minimum Gasteiger partial charge on any atom is -0.415 e. The van der Waals surface area contributed by atoms with Gasteiger partial charge in [-0.25, -0.2) is 19.7 Å². The van der Waals surface area contributed by atoms with Crippen molar-refractivity contribution in [3.63, 3.8) is 0 Å². The van der Waals surface area contributed by atoms with Crippen molar-refractivity contribution >= 4 is 34.8 Å². The lowest BCUT2D eigenvalue weighted by Crippen LogP contribution is -2.58. The molecule has 6 nitrogen and oxygen atoms in total. The number of ether oxygens (including phenoxy) is 1. The fraction of sp³-hybridized carbons (Fsp3) is 0.333. The Morgan fingerprint density at radius 2 is 2.26 bits per heavy atom. The average molecular weight is 278 g/mol. The second kappa shape index (κ2) is 4.58. The van der Waals surface area contributed by atoms with Crippen molar-refractivity contribution in [1.29, 1.82) is 0 Å². The van der Waals surface area contributed by atoms with E-state index in [1.54, 1.807) is 13.1 Å². The lowest BCUT2D eigenvalue weighted by Gasteiger charge is -2.41. The number of thiocarbonyl (C=S) groups is 1. The van der Waals surface area contributed by atoms with Gasteiger partial charge in [-0.05, 0) is 20.8 Å². The van der Waals surface area contributed by atoms with Crippen molar-refractivity contribution in [2.45, 2.75) is 26.3 Å². The molecule has 0 saturated heterocycles. The predicted octanol–water partition coefficient (Wildman–Crippen LogP) is 2.48. The molecule has 0 fully saturated rings. The van der Waals surface area contributed by atoms with E-state index in [9.17, 15) is 4.79 Å². The van der Waals surface area contributed by atoms with Crippen LogP contribution >= 0.6 is 12.2 Å². The Labute approximate surface area is 116 Å². The van der Waals surface area contributed by atoms with Crippen molar-refractivity contribution in [2.75, 3.05) is 10.2 Å². The van der Waals surface area contributed by atoms with Crippen molar-refractivity contribution in [1.82, 2.24) is 9.97 Å². The highest BCUT2D eigenvalue weighted by Gasteiger charge is 2.43. The Balaban J connectivity index is 2.51. The van der Waals surface area contributed by atoms with Crippen LogP contribution in [-0.4, -0.2) is 26.6 Å². The molecule has 100 valence electrons. The largest absolute Gasteiger partial charge is 0.421 e. The second-order valence-corrected chi connectivity index (χ2v) is 5.09. The Morgan fingerprint density at radius 3 is 2.89 bits per heavy atom. The molecular formula is C12H14N4O2S. The number of allylic oxidation sites excluding steroid dienone is 1. The molecule has 1 aliphatic rings. The van der Waals surface area contributed by atoms with Crippen LogP contribution in [0, 0.1) is 0 Å². The summed E-state index contributed by atoms with van der Waals surface area (Å²) in [4.78, 5) is 22.1. The monoisotopic (exact) mass is 278 g/mol. The SMILES string of the molecule is C=C(C)OC(=O)N1c2ncncc2NC(=S)C1(C)C. The van der Waals surface area contributed by atoms with Gasteiger partial charge in [0.25, 0.3) is 0 Å². The van der Waals surface area contributed by atoms with E-state index in [1.165, 1.54) is 11.2 Å². The van der Waals surface area contributed by atoms with Gasteiger partial charge in [0.2, 0.25) is 0 Å². The normalized spacial score (nSPS) is 16.4. The van der Waals surface area contributed by atoms with Gasteiger partial charge in [-0.1, -0.05) is 18.8 Å². The van der Waals surface area contributed by atoms with Crippen LogP contribution in [0.25, 0.3) is 0 Å². The molecule has 1 amide bonds. The zero-order valence-electron chi connectivity index (χ0n) is 10.9. The van der Waals surface area contributed by atoms with Gasteiger partial charge in [0.05, 0.1) is 17.5 Å². The summed E-state index contributed by atoms with van der Waals surface area (Å²) in [6.07, 6.45) is 2.36. The summed E-state index contributed by atoms with van der Waals surface area (Å²) in [5.41, 5.74) is -0.172. The highest BCUT2D eigenvalue weighted by atomic mass is 32.1. The highest BCUT2D eigenvalue weighted by molar-refractivity contribution is 7.80. The van der Waals surface area contributed by atoms with E-state index in [0.717, 1.165) is 0 Å². The number of nitrogens with zero attached hydrogens (tertiary/aromatic N) is 3. The van der Waals surface area contributed by atoms with Crippen molar-refractivity contribution < 1.29 is 9.53 Å². The molecule has 2 heterocycles. The molecule has 0 unspecified atom stereocenters. The first-order valence-electron chi connectivity index (χ1n) is 5.63. The van der Waals surface area contributed by atoms with Crippen LogP contribution in [0.3, 0.4) is 0 Å². The zero-order valence-corrected chi connectivity index (χ0v) is 11.7. The molecule has 0 saturated carbocycles. The van der Waals surface area contributed by atoms with Gasteiger partial charge in [0.1, 0.15) is 17.0 Å². The Morgan fingerprint density at radius 1 is 1.58 bits per heavy atom. The summed E-state index contributed by atoms with van der Waals surface area (Å²) in [5, 5.41) is 3.02. The maximum Gasteiger partial charge on any atom is 0.421 e. The Hall–Kier alpha value is -2.02. The molecule has 1 aliphatic heterocycles. The third kappa shape index (κ3) is 2.28. The molecule has 0 aromatic carbocycles. The van der Waals surface area contributed by atoms with Crippen LogP contribution in [0.1, 0.15) is 20.8 Å². The van der Waals surface area contributed by atoms with Crippen LogP contribution in [0.5, 0.6) is 0 Å². The van der Waals surface area contributed by atoms with Gasteiger partial charge in [0.15, 0.2) is 5.82 Å². The molecule has 0 atom stereocenters. The number of rotatable bonds is 1. The Bertz CT molecular complexity index is 571. The van der Waals surface area contributed by atoms with Crippen LogP contribution in [0.2, 0.25) is 0 Å². The molecule has 2 rings (SSSR count). The number of hydrogen-bond donors (Lipinski definition) is 1. The predicted molar refractivity (Wildman–Crippen MR) is 76.1 cm³/mol. The number of carbonyl (C=O) groups excluding carboxylic acids is 1. The third-order valence-electron chi connectivity index (χ3n) is 2.71. The molecule has 19 heavy (non-hydrogen) atoms. The second-order valence-electron chi connectivity index (χ2n) is 4.68. The smallest absolute Gasteiger partial charge is 0.415 e. The zero-order chi connectivity index (χ0) is 14.2.